The van der Waals surface area contributed by atoms with Crippen molar-refractivity contribution in [2.75, 3.05) is 13.1 Å². The van der Waals surface area contributed by atoms with E-state index in [0.717, 1.165) is 25.7 Å². The van der Waals surface area contributed by atoms with Gasteiger partial charge in [0.05, 0.1) is 18.0 Å². The molecule has 7 rings (SSSR count). The molecule has 0 radical (unpaired) electrons. The zero-order chi connectivity index (χ0) is 59.7. The van der Waals surface area contributed by atoms with Crippen LogP contribution in [0.5, 0.6) is 0 Å². The Morgan fingerprint density at radius 3 is 2.20 bits per heavy atom. The molecular weight excluding hydrogens is 1040 g/mol. The summed E-state index contributed by atoms with van der Waals surface area (Å²) in [5, 5.41) is 21.3. The first kappa shape index (κ1) is 63.1. The van der Waals surface area contributed by atoms with Crippen molar-refractivity contribution in [3.05, 3.63) is 125 Å². The number of ketones is 2. The topological polar surface area (TPSA) is 182 Å². The van der Waals surface area contributed by atoms with Crippen LogP contribution in [0, 0.1) is 43.4 Å². The van der Waals surface area contributed by atoms with Gasteiger partial charge in [0.15, 0.2) is 17.3 Å². The molecule has 0 saturated carbocycles. The third-order valence-corrected chi connectivity index (χ3v) is 16.8. The minimum atomic E-state index is -4.17. The second-order valence-electron chi connectivity index (χ2n) is 25.3. The van der Waals surface area contributed by atoms with E-state index in [1.807, 2.05) is 135 Å². The summed E-state index contributed by atoms with van der Waals surface area (Å²) in [7, 11) is 0. The average molecular weight is 1130 g/mol. The van der Waals surface area contributed by atoms with Crippen LogP contribution in [-0.2, 0) is 41.7 Å². The maximum absolute atomic E-state index is 16.2. The maximum Gasteiger partial charge on any atom is 0.737 e. The molecule has 15 nitrogen and oxygen atoms in total. The lowest BCUT2D eigenvalue weighted by Gasteiger charge is -2.51. The normalized spacial score (nSPS) is 19.8. The molecule has 2 aromatic carbocycles. The summed E-state index contributed by atoms with van der Waals surface area (Å²) in [6.07, 6.45) is 11.8. The Morgan fingerprint density at radius 2 is 1.55 bits per heavy atom. The minimum Gasteiger partial charge on any atom is -0.445 e. The number of carbonyl (C=O) groups is 6. The van der Waals surface area contributed by atoms with Gasteiger partial charge in [0.1, 0.15) is 12.3 Å². The fourth-order valence-electron chi connectivity index (χ4n) is 13.0. The SMILES string of the molecule is Cc1cc(C)n2c1C=C1C=CC(CCC(=O)N[C@H](/C=C/[C@H](Cc3ccccc3)C(=O)N3CCC[C@H]3C(=O)C[C@H](C(=O)N[C@@H](CCCNC(=O)OCc3ccccc3)C(=O)CC3CC(C)(C)N(O)C(C)(C)C3)C(C)C)CC(C)C)=[N+]1[B-]2(F)F. The number of nitrogens with one attached hydrogen (secondary N) is 3. The number of rotatable bonds is 26. The molecule has 5 heterocycles. The second kappa shape index (κ2) is 27.2. The molecule has 444 valence electrons. The van der Waals surface area contributed by atoms with Crippen molar-refractivity contribution in [2.24, 2.45) is 29.6 Å². The molecule has 0 bridgehead atoms. The molecule has 82 heavy (non-hydrogen) atoms. The first-order valence-corrected chi connectivity index (χ1v) is 29.6. The molecule has 0 spiro atoms. The van der Waals surface area contributed by atoms with Gasteiger partial charge in [-0.25, -0.2) is 4.79 Å². The Hall–Kier alpha value is -6.53. The van der Waals surface area contributed by atoms with Gasteiger partial charge in [0, 0.05) is 85.7 Å². The molecule has 4 aliphatic heterocycles. The predicted molar refractivity (Wildman–Crippen MR) is 316 cm³/mol. The molecule has 2 fully saturated rings. The van der Waals surface area contributed by atoms with Crippen LogP contribution in [0.15, 0.2) is 96.7 Å². The van der Waals surface area contributed by atoms with Crippen LogP contribution in [0.3, 0.4) is 0 Å². The van der Waals surface area contributed by atoms with Gasteiger partial charge < -0.3 is 48.4 Å². The number of halogens is 2. The van der Waals surface area contributed by atoms with Gasteiger partial charge in [-0.3, -0.25) is 24.0 Å². The van der Waals surface area contributed by atoms with Gasteiger partial charge in [0.2, 0.25) is 17.7 Å². The molecule has 4 N–H and O–H groups in total. The summed E-state index contributed by atoms with van der Waals surface area (Å²) in [6, 6.07) is 18.5. The number of hydroxylamine groups is 2. The summed E-state index contributed by atoms with van der Waals surface area (Å²) in [5.41, 5.74) is 3.05. The molecule has 4 amide bonds. The summed E-state index contributed by atoms with van der Waals surface area (Å²) in [5.74, 6) is -3.15. The number of allylic oxidation sites excluding steroid dienone is 2. The maximum atomic E-state index is 16.2. The van der Waals surface area contributed by atoms with E-state index in [9.17, 15) is 34.0 Å². The number of Topliss-reactive ketones (excluding diaryl/α,β-unsaturated/α-hetero) is 2. The molecule has 2 saturated heterocycles. The van der Waals surface area contributed by atoms with E-state index in [1.54, 1.807) is 36.1 Å². The highest BCUT2D eigenvalue weighted by molar-refractivity contribution is 6.58. The van der Waals surface area contributed by atoms with E-state index >= 15 is 8.63 Å². The molecule has 3 aromatic rings. The van der Waals surface area contributed by atoms with Gasteiger partial charge in [-0.2, -0.15) is 5.06 Å². The first-order valence-electron chi connectivity index (χ1n) is 29.6. The highest BCUT2D eigenvalue weighted by atomic mass is 19.2. The fraction of sp³-hybridized carbons (Fsp3) is 0.547. The molecule has 1 aromatic heterocycles. The number of hydrogen-bond donors (Lipinski definition) is 4. The number of hydrogen-bond acceptors (Lipinski definition) is 9. The van der Waals surface area contributed by atoms with Crippen LogP contribution in [-0.4, -0.2) is 114 Å². The van der Waals surface area contributed by atoms with E-state index in [2.05, 4.69) is 16.0 Å². The summed E-state index contributed by atoms with van der Waals surface area (Å²) >= 11 is 0. The Morgan fingerprint density at radius 1 is 0.890 bits per heavy atom. The van der Waals surface area contributed by atoms with Gasteiger partial charge >= 0.3 is 13.1 Å². The van der Waals surface area contributed by atoms with Crippen molar-refractivity contribution in [1.82, 2.24) is 30.4 Å². The summed E-state index contributed by atoms with van der Waals surface area (Å²) in [4.78, 5) is 86.4. The highest BCUT2D eigenvalue weighted by Crippen LogP contribution is 2.42. The third-order valence-electron chi connectivity index (χ3n) is 16.8. The van der Waals surface area contributed by atoms with Crippen molar-refractivity contribution in [2.45, 2.75) is 182 Å². The number of amides is 4. The van der Waals surface area contributed by atoms with Crippen LogP contribution in [0.25, 0.3) is 6.08 Å². The van der Waals surface area contributed by atoms with Crippen molar-refractivity contribution in [3.8, 4) is 0 Å². The minimum absolute atomic E-state index is 0.0296. The van der Waals surface area contributed by atoms with Gasteiger partial charge in [-0.1, -0.05) is 101 Å². The number of fused-ring (bicyclic) bond motifs is 2. The van der Waals surface area contributed by atoms with Crippen molar-refractivity contribution in [3.63, 3.8) is 0 Å². The third kappa shape index (κ3) is 15.8. The quantitative estimate of drug-likeness (QED) is 0.0345. The van der Waals surface area contributed by atoms with Crippen LogP contribution in [0.2, 0.25) is 0 Å². The van der Waals surface area contributed by atoms with Crippen molar-refractivity contribution < 1.29 is 51.8 Å². The Labute approximate surface area is 484 Å². The Balaban J connectivity index is 1.02. The molecule has 5 atom stereocenters. The molecule has 0 aliphatic carbocycles. The number of carbonyl (C=O) groups excluding carboxylic acids is 6. The molecule has 18 heteroatoms. The van der Waals surface area contributed by atoms with Crippen LogP contribution in [0.4, 0.5) is 13.4 Å². The van der Waals surface area contributed by atoms with Crippen LogP contribution < -0.4 is 16.0 Å². The highest BCUT2D eigenvalue weighted by Gasteiger charge is 2.52. The largest absolute Gasteiger partial charge is 0.737 e. The lowest BCUT2D eigenvalue weighted by molar-refractivity contribution is -0.362. The number of nitrogens with zero attached hydrogens (tertiary/aromatic N) is 4. The zero-order valence-electron chi connectivity index (χ0n) is 49.9. The van der Waals surface area contributed by atoms with Crippen molar-refractivity contribution in [1.29, 1.82) is 0 Å². The van der Waals surface area contributed by atoms with E-state index in [1.165, 1.54) is 5.06 Å². The van der Waals surface area contributed by atoms with Gasteiger partial charge in [0.25, 0.3) is 0 Å². The van der Waals surface area contributed by atoms with Crippen molar-refractivity contribution >= 4 is 54.1 Å². The number of alkyl carbamates (subject to hydrolysis) is 1. The van der Waals surface area contributed by atoms with Crippen LogP contribution in [0.1, 0.15) is 154 Å². The van der Waals surface area contributed by atoms with Crippen LogP contribution >= 0.6 is 0 Å². The van der Waals surface area contributed by atoms with E-state index < -0.39 is 60.0 Å². The lowest BCUT2D eigenvalue weighted by atomic mass is 9.73. The number of benzene rings is 2. The van der Waals surface area contributed by atoms with Gasteiger partial charge in [-0.05, 0) is 139 Å². The first-order chi connectivity index (χ1) is 38.7. The monoisotopic (exact) mass is 1130 g/mol. The van der Waals surface area contributed by atoms with Gasteiger partial charge in [-0.15, -0.1) is 0 Å². The smallest absolute Gasteiger partial charge is 0.445 e. The molecular formula is C64H88BF2N7O8. The average Bonchev–Trinajstić information content (AvgIpc) is 4.32. The number of aryl methyl sites for hydroxylation is 2. The Bertz CT molecular complexity index is 2900. The predicted octanol–water partition coefficient (Wildman–Crippen LogP) is 10.5. The lowest BCUT2D eigenvalue weighted by Crippen LogP contribution is -2.59. The van der Waals surface area contributed by atoms with E-state index in [0.29, 0.717) is 74.3 Å². The molecule has 4 aliphatic rings. The zero-order valence-corrected chi connectivity index (χ0v) is 49.9. The fourth-order valence-corrected chi connectivity index (χ4v) is 13.0. The second-order valence-corrected chi connectivity index (χ2v) is 25.3. The van der Waals surface area contributed by atoms with E-state index in [4.69, 9.17) is 4.74 Å². The standard InChI is InChI=1S/C64H88BF2N7O8/c1-42(2)33-50(69-59(77)30-29-51-27-28-52-37-56-44(5)34-45(6)72(56)65(66,67)73(51)52)26-25-49(35-46-19-13-11-14-20-46)61(79)71-32-18-24-55(71)58(76)38-53(43(3)4)60(78)70-54(23-17-31-68-62(80)82-41-47-21-15-12-16-22-47)57(75)36-48-39-63(7,8)74(81)64(9,10)40-48/h11-16,19-22,25-28,34,37,42-43,48-50,53-55,81H,17-18,23-24,29-33,35-36,38-41H2,1-10H3,(H,68,80)(H,69,77)(H,70,78)/b26-25+/t49-,50-,53+,54+,55+/m1/s1. The Kier molecular flexibility index (Phi) is 21.0. The number of piperidine rings is 1. The molecule has 0 unspecified atom stereocenters. The number of ether oxygens (including phenoxy) is 1. The number of likely N-dealkylation sites (tertiary alicyclic amines) is 1. The van der Waals surface area contributed by atoms with E-state index in [-0.39, 0.29) is 86.4 Å². The summed E-state index contributed by atoms with van der Waals surface area (Å²) in [6.45, 7) is 15.5. The number of aromatic nitrogens is 1. The summed E-state index contributed by atoms with van der Waals surface area (Å²) < 4.78 is 39.9.